The average Bonchev–Trinajstić information content (AvgIpc) is 2.37. The van der Waals surface area contributed by atoms with Crippen LogP contribution in [-0.4, -0.2) is 49.8 Å². The molecule has 0 atom stereocenters. The number of terminal acetylenes is 1. The van der Waals surface area contributed by atoms with Crippen molar-refractivity contribution in [3.8, 4) is 12.3 Å². The zero-order valence-corrected chi connectivity index (χ0v) is 11.3. The van der Waals surface area contributed by atoms with Crippen LogP contribution in [0.2, 0.25) is 0 Å². The van der Waals surface area contributed by atoms with Gasteiger partial charge in [-0.25, -0.2) is 4.79 Å². The first-order valence-corrected chi connectivity index (χ1v) is 6.65. The summed E-state index contributed by atoms with van der Waals surface area (Å²) in [6, 6.07) is -0.308. The number of halogens is 3. The zero-order valence-electron chi connectivity index (χ0n) is 11.3. The molecule has 2 N–H and O–H groups in total. The summed E-state index contributed by atoms with van der Waals surface area (Å²) in [5.41, 5.74) is 0. The Kier molecular flexibility index (Phi) is 6.65. The monoisotopic (exact) mass is 291 g/mol. The first kappa shape index (κ1) is 16.6. The molecule has 0 aromatic carbocycles. The molecule has 114 valence electrons. The van der Waals surface area contributed by atoms with Gasteiger partial charge in [0, 0.05) is 6.54 Å². The fraction of sp³-hybridized carbons (Fsp3) is 0.769. The van der Waals surface area contributed by atoms with E-state index in [1.54, 1.807) is 0 Å². The van der Waals surface area contributed by atoms with Crippen molar-refractivity contribution in [3.63, 3.8) is 0 Å². The van der Waals surface area contributed by atoms with Crippen molar-refractivity contribution < 1.29 is 18.0 Å². The summed E-state index contributed by atoms with van der Waals surface area (Å²) in [6.07, 6.45) is 3.14. The van der Waals surface area contributed by atoms with Crippen molar-refractivity contribution >= 4 is 6.03 Å². The van der Waals surface area contributed by atoms with E-state index in [0.29, 0.717) is 25.6 Å². The average molecular weight is 291 g/mol. The number of amides is 2. The standard InChI is InChI=1S/C13H20F3N3O/c1-2-6-17-12(20)18-7-3-11-4-8-19(9-5-11)10-13(14,15)16/h1,11H,3-10H2,(H2,17,18,20). The highest BCUT2D eigenvalue weighted by molar-refractivity contribution is 5.73. The van der Waals surface area contributed by atoms with Crippen LogP contribution in [0.15, 0.2) is 0 Å². The molecule has 1 aliphatic heterocycles. The normalized spacial score (nSPS) is 17.5. The summed E-state index contributed by atoms with van der Waals surface area (Å²) < 4.78 is 36.7. The van der Waals surface area contributed by atoms with Gasteiger partial charge in [0.25, 0.3) is 0 Å². The molecule has 0 aliphatic carbocycles. The second kappa shape index (κ2) is 8.00. The number of carbonyl (C=O) groups excluding carboxylic acids is 1. The fourth-order valence-corrected chi connectivity index (χ4v) is 2.27. The number of carbonyl (C=O) groups is 1. The Morgan fingerprint density at radius 1 is 1.30 bits per heavy atom. The van der Waals surface area contributed by atoms with E-state index < -0.39 is 12.7 Å². The lowest BCUT2D eigenvalue weighted by Gasteiger charge is -2.32. The SMILES string of the molecule is C#CCNC(=O)NCCC1CCN(CC(F)(F)F)CC1. The van der Waals surface area contributed by atoms with Crippen molar-refractivity contribution in [2.45, 2.75) is 25.4 Å². The topological polar surface area (TPSA) is 44.4 Å². The lowest BCUT2D eigenvalue weighted by molar-refractivity contribution is -0.148. The summed E-state index contributed by atoms with van der Waals surface area (Å²) in [6.45, 7) is 0.801. The van der Waals surface area contributed by atoms with Gasteiger partial charge in [-0.3, -0.25) is 4.90 Å². The van der Waals surface area contributed by atoms with Crippen LogP contribution in [0.5, 0.6) is 0 Å². The van der Waals surface area contributed by atoms with Gasteiger partial charge in [-0.15, -0.1) is 6.42 Å². The lowest BCUT2D eigenvalue weighted by atomic mass is 9.93. The molecule has 2 amide bonds. The number of hydrogen-bond acceptors (Lipinski definition) is 2. The minimum absolute atomic E-state index is 0.182. The van der Waals surface area contributed by atoms with Gasteiger partial charge in [0.1, 0.15) is 0 Å². The van der Waals surface area contributed by atoms with E-state index >= 15 is 0 Å². The molecule has 20 heavy (non-hydrogen) atoms. The highest BCUT2D eigenvalue weighted by Crippen LogP contribution is 2.23. The molecule has 0 saturated carbocycles. The van der Waals surface area contributed by atoms with Crippen molar-refractivity contribution in [2.75, 3.05) is 32.7 Å². The predicted molar refractivity (Wildman–Crippen MR) is 70.1 cm³/mol. The van der Waals surface area contributed by atoms with E-state index in [-0.39, 0.29) is 12.6 Å². The first-order valence-electron chi connectivity index (χ1n) is 6.65. The quantitative estimate of drug-likeness (QED) is 0.755. The van der Waals surface area contributed by atoms with Crippen LogP contribution in [0.1, 0.15) is 19.3 Å². The molecule has 1 saturated heterocycles. The Bertz CT molecular complexity index is 344. The summed E-state index contributed by atoms with van der Waals surface area (Å²) in [5, 5.41) is 5.16. The van der Waals surface area contributed by atoms with Gasteiger partial charge in [-0.2, -0.15) is 13.2 Å². The molecular formula is C13H20F3N3O. The molecule has 1 heterocycles. The number of nitrogens with zero attached hydrogens (tertiary/aromatic N) is 1. The Hall–Kier alpha value is -1.42. The number of urea groups is 1. The Morgan fingerprint density at radius 3 is 2.50 bits per heavy atom. The van der Waals surface area contributed by atoms with Gasteiger partial charge in [0.15, 0.2) is 0 Å². The van der Waals surface area contributed by atoms with E-state index in [2.05, 4.69) is 16.6 Å². The smallest absolute Gasteiger partial charge is 0.338 e. The number of nitrogens with one attached hydrogen (secondary N) is 2. The van der Waals surface area contributed by atoms with Crippen molar-refractivity contribution in [2.24, 2.45) is 5.92 Å². The molecule has 1 rings (SSSR count). The highest BCUT2D eigenvalue weighted by Gasteiger charge is 2.32. The molecule has 0 aromatic rings. The molecule has 1 fully saturated rings. The van der Waals surface area contributed by atoms with Crippen molar-refractivity contribution in [1.29, 1.82) is 0 Å². The van der Waals surface area contributed by atoms with Crippen LogP contribution in [0, 0.1) is 18.3 Å². The van der Waals surface area contributed by atoms with Gasteiger partial charge in [-0.05, 0) is 38.3 Å². The third-order valence-corrected chi connectivity index (χ3v) is 3.30. The minimum atomic E-state index is -4.12. The van der Waals surface area contributed by atoms with E-state index in [0.717, 1.165) is 19.3 Å². The number of hydrogen-bond donors (Lipinski definition) is 2. The zero-order chi connectivity index (χ0) is 15.0. The van der Waals surface area contributed by atoms with Gasteiger partial charge in [0.05, 0.1) is 13.1 Å². The third-order valence-electron chi connectivity index (χ3n) is 3.30. The molecule has 0 unspecified atom stereocenters. The lowest BCUT2D eigenvalue weighted by Crippen LogP contribution is -2.41. The van der Waals surface area contributed by atoms with Crippen LogP contribution >= 0.6 is 0 Å². The second-order valence-electron chi connectivity index (χ2n) is 4.94. The second-order valence-corrected chi connectivity index (χ2v) is 4.94. The largest absolute Gasteiger partial charge is 0.401 e. The number of piperidine rings is 1. The molecule has 0 bridgehead atoms. The van der Waals surface area contributed by atoms with Crippen LogP contribution < -0.4 is 10.6 Å². The maximum atomic E-state index is 12.2. The van der Waals surface area contributed by atoms with E-state index in [1.165, 1.54) is 4.90 Å². The maximum Gasteiger partial charge on any atom is 0.401 e. The molecule has 0 spiro atoms. The molecule has 1 aliphatic rings. The Labute approximate surface area is 117 Å². The van der Waals surface area contributed by atoms with Gasteiger partial charge in [-0.1, -0.05) is 5.92 Å². The number of rotatable bonds is 5. The first-order chi connectivity index (χ1) is 9.40. The molecule has 0 aromatic heterocycles. The molecule has 7 heteroatoms. The van der Waals surface area contributed by atoms with Crippen molar-refractivity contribution in [3.05, 3.63) is 0 Å². The summed E-state index contributed by atoms with van der Waals surface area (Å²) >= 11 is 0. The summed E-state index contributed by atoms with van der Waals surface area (Å²) in [5.74, 6) is 2.66. The van der Waals surface area contributed by atoms with E-state index in [1.807, 2.05) is 0 Å². The third kappa shape index (κ3) is 7.24. The molecular weight excluding hydrogens is 271 g/mol. The molecule has 0 radical (unpaired) electrons. The van der Waals surface area contributed by atoms with E-state index in [9.17, 15) is 18.0 Å². The van der Waals surface area contributed by atoms with Crippen molar-refractivity contribution in [1.82, 2.24) is 15.5 Å². The predicted octanol–water partition coefficient (Wildman–Crippen LogP) is 1.58. The minimum Gasteiger partial charge on any atom is -0.338 e. The highest BCUT2D eigenvalue weighted by atomic mass is 19.4. The maximum absolute atomic E-state index is 12.2. The Balaban J connectivity index is 2.11. The van der Waals surface area contributed by atoms with E-state index in [4.69, 9.17) is 6.42 Å². The van der Waals surface area contributed by atoms with Gasteiger partial charge in [0.2, 0.25) is 0 Å². The van der Waals surface area contributed by atoms with Crippen LogP contribution in [0.3, 0.4) is 0 Å². The number of alkyl halides is 3. The molecule has 4 nitrogen and oxygen atoms in total. The van der Waals surface area contributed by atoms with Crippen LogP contribution in [-0.2, 0) is 0 Å². The van der Waals surface area contributed by atoms with Gasteiger partial charge < -0.3 is 10.6 Å². The van der Waals surface area contributed by atoms with Crippen LogP contribution in [0.4, 0.5) is 18.0 Å². The number of likely N-dealkylation sites (tertiary alicyclic amines) is 1. The summed E-state index contributed by atoms with van der Waals surface area (Å²) in [7, 11) is 0. The van der Waals surface area contributed by atoms with Crippen LogP contribution in [0.25, 0.3) is 0 Å². The Morgan fingerprint density at radius 2 is 1.95 bits per heavy atom. The fourth-order valence-electron chi connectivity index (χ4n) is 2.27. The summed E-state index contributed by atoms with van der Waals surface area (Å²) in [4.78, 5) is 12.6. The van der Waals surface area contributed by atoms with Gasteiger partial charge >= 0.3 is 12.2 Å².